The number of hydrogen-bond acceptors (Lipinski definition) is 4. The van der Waals surface area contributed by atoms with Crippen molar-refractivity contribution >= 4 is 19.5 Å². The van der Waals surface area contributed by atoms with Gasteiger partial charge in [0.1, 0.15) is 12.4 Å². The Morgan fingerprint density at radius 1 is 1.19 bits per heavy atom. The summed E-state index contributed by atoms with van der Waals surface area (Å²) in [5.74, 6) is 0.104. The van der Waals surface area contributed by atoms with Crippen molar-refractivity contribution in [1.82, 2.24) is 5.32 Å². The van der Waals surface area contributed by atoms with Crippen molar-refractivity contribution in [3.63, 3.8) is 0 Å². The summed E-state index contributed by atoms with van der Waals surface area (Å²) in [6.45, 7) is 0.714. The van der Waals surface area contributed by atoms with Crippen LogP contribution in [0.3, 0.4) is 0 Å². The predicted octanol–water partition coefficient (Wildman–Crippen LogP) is 3.83. The Labute approximate surface area is 155 Å². The van der Waals surface area contributed by atoms with Crippen LogP contribution in [0.25, 0.3) is 0 Å². The van der Waals surface area contributed by atoms with E-state index in [1.807, 2.05) is 0 Å². The van der Waals surface area contributed by atoms with E-state index in [2.05, 4.69) is 10.1 Å². The molecule has 0 spiro atoms. The molecule has 1 heterocycles. The highest BCUT2D eigenvalue weighted by Gasteiger charge is 2.30. The van der Waals surface area contributed by atoms with Gasteiger partial charge in [0.25, 0.3) is 0 Å². The molecule has 1 atom stereocenters. The first-order valence-electron chi connectivity index (χ1n) is 7.63. The number of nitrogens with one attached hydrogen (secondary N) is 1. The minimum absolute atomic E-state index is 0. The van der Waals surface area contributed by atoms with Crippen molar-refractivity contribution in [3.05, 3.63) is 64.7 Å². The molecule has 3 rings (SSSR count). The summed E-state index contributed by atoms with van der Waals surface area (Å²) in [6, 6.07) is 9.78. The Bertz CT molecular complexity index is 778. The number of benzene rings is 2. The molecule has 0 fully saturated rings. The number of carbonyl (C=O) groups is 1. The third-order valence-corrected chi connectivity index (χ3v) is 4.07. The van der Waals surface area contributed by atoms with Crippen LogP contribution in [0.2, 0.25) is 0 Å². The molecular formula is C18H18F3NO3S. The Morgan fingerprint density at radius 2 is 1.88 bits per heavy atom. The molecule has 8 heteroatoms. The van der Waals surface area contributed by atoms with Crippen LogP contribution in [-0.4, -0.2) is 19.7 Å². The number of rotatable bonds is 2. The van der Waals surface area contributed by atoms with Gasteiger partial charge in [0, 0.05) is 12.1 Å². The molecule has 140 valence electrons. The molecule has 2 aromatic rings. The lowest BCUT2D eigenvalue weighted by atomic mass is 10.0. The average molecular weight is 385 g/mol. The van der Waals surface area contributed by atoms with Crippen LogP contribution in [0.1, 0.15) is 33.1 Å². The second kappa shape index (κ2) is 8.01. The third-order valence-electron chi connectivity index (χ3n) is 4.07. The summed E-state index contributed by atoms with van der Waals surface area (Å²) in [6.07, 6.45) is -4.35. The number of carbonyl (C=O) groups excluding carboxylic acids is 1. The molecule has 0 aliphatic carbocycles. The first-order chi connectivity index (χ1) is 11.9. The van der Waals surface area contributed by atoms with Crippen molar-refractivity contribution in [2.45, 2.75) is 18.8 Å². The van der Waals surface area contributed by atoms with E-state index in [-0.39, 0.29) is 26.1 Å². The van der Waals surface area contributed by atoms with Gasteiger partial charge in [-0.2, -0.15) is 26.7 Å². The predicted molar refractivity (Wildman–Crippen MR) is 94.7 cm³/mol. The minimum atomic E-state index is -4.35. The van der Waals surface area contributed by atoms with Gasteiger partial charge in [-0.25, -0.2) is 4.79 Å². The molecule has 0 amide bonds. The van der Waals surface area contributed by atoms with Crippen molar-refractivity contribution < 1.29 is 27.4 Å². The monoisotopic (exact) mass is 385 g/mol. The smallest absolute Gasteiger partial charge is 0.416 e. The van der Waals surface area contributed by atoms with Gasteiger partial charge in [-0.15, -0.1) is 0 Å². The highest BCUT2D eigenvalue weighted by atomic mass is 32.1. The number of methoxy groups -OCH3 is 1. The zero-order valence-corrected chi connectivity index (χ0v) is 14.9. The van der Waals surface area contributed by atoms with E-state index < -0.39 is 17.7 Å². The second-order valence-corrected chi connectivity index (χ2v) is 5.68. The maximum Gasteiger partial charge on any atom is 0.416 e. The van der Waals surface area contributed by atoms with E-state index >= 15 is 0 Å². The summed E-state index contributed by atoms with van der Waals surface area (Å²) in [5.41, 5.74) is 1.27. The van der Waals surface area contributed by atoms with Crippen LogP contribution >= 0.6 is 13.5 Å². The summed E-state index contributed by atoms with van der Waals surface area (Å²) in [7, 11) is 1.30. The number of halogens is 3. The second-order valence-electron chi connectivity index (χ2n) is 5.68. The van der Waals surface area contributed by atoms with E-state index in [1.54, 1.807) is 18.2 Å². The van der Waals surface area contributed by atoms with Crippen molar-refractivity contribution in [2.75, 3.05) is 13.7 Å². The number of esters is 1. The van der Waals surface area contributed by atoms with Gasteiger partial charge in [-0.1, -0.05) is 18.2 Å². The standard InChI is InChI=1S/C18H16F3NO3.H2S/c1-24-17(23)12-2-3-13-9-22-15(10-25-16(13)8-12)11-4-6-14(7-5-11)18(19,20)21;/h2-8,15,22H,9-10H2,1H3;1H2/t15-;/m1./s1. The molecule has 0 saturated carbocycles. The van der Waals surface area contributed by atoms with E-state index in [9.17, 15) is 18.0 Å². The van der Waals surface area contributed by atoms with Gasteiger partial charge >= 0.3 is 12.1 Å². The lowest BCUT2D eigenvalue weighted by molar-refractivity contribution is -0.137. The highest BCUT2D eigenvalue weighted by molar-refractivity contribution is 7.59. The topological polar surface area (TPSA) is 47.6 Å². The van der Waals surface area contributed by atoms with Crippen LogP contribution in [-0.2, 0) is 17.5 Å². The van der Waals surface area contributed by atoms with E-state index in [4.69, 9.17) is 4.74 Å². The van der Waals surface area contributed by atoms with Gasteiger partial charge in [0.05, 0.1) is 24.3 Å². The van der Waals surface area contributed by atoms with E-state index in [0.29, 0.717) is 23.4 Å². The van der Waals surface area contributed by atoms with Crippen LogP contribution in [0.4, 0.5) is 13.2 Å². The Balaban J connectivity index is 0.00000243. The van der Waals surface area contributed by atoms with Gasteiger partial charge < -0.3 is 14.8 Å². The summed E-state index contributed by atoms with van der Waals surface area (Å²) < 4.78 is 48.4. The first kappa shape index (κ1) is 20.1. The SMILES string of the molecule is COC(=O)c1ccc2c(c1)OC[C@H](c1ccc(C(F)(F)F)cc1)NC2.S. The normalized spacial score (nSPS) is 16.5. The number of alkyl halides is 3. The van der Waals surface area contributed by atoms with E-state index in [0.717, 1.165) is 17.7 Å². The summed E-state index contributed by atoms with van der Waals surface area (Å²) >= 11 is 0. The van der Waals surface area contributed by atoms with Crippen LogP contribution < -0.4 is 10.1 Å². The minimum Gasteiger partial charge on any atom is -0.491 e. The van der Waals surface area contributed by atoms with Crippen molar-refractivity contribution in [2.24, 2.45) is 0 Å². The Kier molecular flexibility index (Phi) is 6.20. The number of fused-ring (bicyclic) bond motifs is 1. The molecule has 0 radical (unpaired) electrons. The maximum atomic E-state index is 12.7. The molecule has 2 aromatic carbocycles. The van der Waals surface area contributed by atoms with Crippen molar-refractivity contribution in [1.29, 1.82) is 0 Å². The van der Waals surface area contributed by atoms with Gasteiger partial charge in [0.2, 0.25) is 0 Å². The lowest BCUT2D eigenvalue weighted by Crippen LogP contribution is -2.23. The summed E-state index contributed by atoms with van der Waals surface area (Å²) in [4.78, 5) is 11.6. The molecule has 1 aliphatic rings. The van der Waals surface area contributed by atoms with Crippen LogP contribution in [0.5, 0.6) is 5.75 Å². The fourth-order valence-electron chi connectivity index (χ4n) is 2.66. The number of ether oxygens (including phenoxy) is 2. The van der Waals surface area contributed by atoms with E-state index in [1.165, 1.54) is 19.2 Å². The molecular weight excluding hydrogens is 367 g/mol. The van der Waals surface area contributed by atoms with Gasteiger partial charge in [0.15, 0.2) is 0 Å². The largest absolute Gasteiger partial charge is 0.491 e. The molecule has 4 nitrogen and oxygen atoms in total. The fraction of sp³-hybridized carbons (Fsp3) is 0.278. The molecule has 26 heavy (non-hydrogen) atoms. The number of hydrogen-bond donors (Lipinski definition) is 1. The Morgan fingerprint density at radius 3 is 2.50 bits per heavy atom. The van der Waals surface area contributed by atoms with Gasteiger partial charge in [-0.05, 0) is 29.8 Å². The maximum absolute atomic E-state index is 12.7. The van der Waals surface area contributed by atoms with Crippen LogP contribution in [0.15, 0.2) is 42.5 Å². The molecule has 0 bridgehead atoms. The molecule has 0 saturated heterocycles. The fourth-order valence-corrected chi connectivity index (χ4v) is 2.66. The summed E-state index contributed by atoms with van der Waals surface area (Å²) in [5, 5.41) is 3.25. The zero-order chi connectivity index (χ0) is 18.0. The quantitative estimate of drug-likeness (QED) is 0.799. The molecule has 1 aliphatic heterocycles. The molecule has 0 aromatic heterocycles. The van der Waals surface area contributed by atoms with Gasteiger partial charge in [-0.3, -0.25) is 0 Å². The lowest BCUT2D eigenvalue weighted by Gasteiger charge is -2.16. The zero-order valence-electron chi connectivity index (χ0n) is 13.9. The average Bonchev–Trinajstić information content (AvgIpc) is 2.82. The van der Waals surface area contributed by atoms with Crippen LogP contribution in [0, 0.1) is 0 Å². The molecule has 1 N–H and O–H groups in total. The van der Waals surface area contributed by atoms with Crippen molar-refractivity contribution in [3.8, 4) is 5.75 Å². The highest BCUT2D eigenvalue weighted by Crippen LogP contribution is 2.31. The Hall–Kier alpha value is -2.19. The third kappa shape index (κ3) is 4.31. The first-order valence-corrected chi connectivity index (χ1v) is 7.63. The molecule has 0 unspecified atom stereocenters.